The molecule has 1 aliphatic rings. The summed E-state index contributed by atoms with van der Waals surface area (Å²) in [4.78, 5) is 3.00. The maximum atomic E-state index is 6.25. The van der Waals surface area contributed by atoms with Gasteiger partial charge in [-0.05, 0) is 54.7 Å². The number of aryl methyl sites for hydroxylation is 2. The molecule has 0 bridgehead atoms. The van der Waals surface area contributed by atoms with Gasteiger partial charge in [0.05, 0.1) is 4.83 Å². The van der Waals surface area contributed by atoms with E-state index in [9.17, 15) is 0 Å². The van der Waals surface area contributed by atoms with Crippen LogP contribution in [-0.2, 0) is 12.8 Å². The number of fused-ring (bicyclic) bond motifs is 1. The molecule has 0 nitrogen and oxygen atoms in total. The Morgan fingerprint density at radius 3 is 2.78 bits per heavy atom. The number of benzene rings is 1. The average molecular weight is 362 g/mol. The number of hydrogen-bond acceptors (Lipinski definition) is 1. The van der Waals surface area contributed by atoms with Crippen LogP contribution in [0.1, 0.15) is 32.1 Å². The van der Waals surface area contributed by atoms with Gasteiger partial charge in [0, 0.05) is 19.8 Å². The van der Waals surface area contributed by atoms with Crippen molar-refractivity contribution in [3.8, 4) is 0 Å². The average Bonchev–Trinajstić information content (AvgIpc) is 2.91. The van der Waals surface area contributed by atoms with Crippen LogP contribution >= 0.6 is 50.5 Å². The lowest BCUT2D eigenvalue weighted by molar-refractivity contribution is 0.913. The molecule has 18 heavy (non-hydrogen) atoms. The number of hydrogen-bond donors (Lipinski definition) is 0. The highest BCUT2D eigenvalue weighted by atomic mass is 79.9. The molecule has 1 heterocycles. The van der Waals surface area contributed by atoms with Crippen LogP contribution in [0, 0.1) is 0 Å². The van der Waals surface area contributed by atoms with E-state index in [4.69, 9.17) is 23.2 Å². The van der Waals surface area contributed by atoms with Crippen molar-refractivity contribution in [1.82, 2.24) is 0 Å². The summed E-state index contributed by atoms with van der Waals surface area (Å²) in [5, 5.41) is 1.48. The summed E-state index contributed by atoms with van der Waals surface area (Å²) in [6.07, 6.45) is 3.74. The van der Waals surface area contributed by atoms with E-state index in [-0.39, 0.29) is 4.83 Å². The van der Waals surface area contributed by atoms with E-state index in [0.29, 0.717) is 0 Å². The van der Waals surface area contributed by atoms with Gasteiger partial charge in [0.2, 0.25) is 0 Å². The zero-order chi connectivity index (χ0) is 12.7. The summed E-state index contributed by atoms with van der Waals surface area (Å²) in [6, 6.07) is 7.92. The van der Waals surface area contributed by atoms with Crippen molar-refractivity contribution >= 4 is 50.5 Å². The van der Waals surface area contributed by atoms with Crippen LogP contribution in [0.5, 0.6) is 0 Å². The van der Waals surface area contributed by atoms with E-state index in [2.05, 4.69) is 22.0 Å². The predicted molar refractivity (Wildman–Crippen MR) is 83.6 cm³/mol. The molecule has 0 aliphatic heterocycles. The molecule has 0 N–H and O–H groups in total. The largest absolute Gasteiger partial charge is 0.144 e. The predicted octanol–water partition coefficient (Wildman–Crippen LogP) is 6.03. The number of alkyl halides is 1. The van der Waals surface area contributed by atoms with Gasteiger partial charge >= 0.3 is 0 Å². The Labute approximate surface area is 129 Å². The Bertz CT molecular complexity index is 570. The van der Waals surface area contributed by atoms with Crippen molar-refractivity contribution in [2.24, 2.45) is 0 Å². The molecule has 2 aromatic rings. The van der Waals surface area contributed by atoms with Gasteiger partial charge in [-0.3, -0.25) is 0 Å². The van der Waals surface area contributed by atoms with Crippen LogP contribution in [0.4, 0.5) is 0 Å². The van der Waals surface area contributed by atoms with Crippen molar-refractivity contribution in [3.63, 3.8) is 0 Å². The Morgan fingerprint density at radius 2 is 2.00 bits per heavy atom. The summed E-state index contributed by atoms with van der Waals surface area (Å²) in [5.41, 5.74) is 2.56. The van der Waals surface area contributed by atoms with E-state index in [1.807, 2.05) is 29.5 Å². The van der Waals surface area contributed by atoms with Crippen LogP contribution in [0.15, 0.2) is 24.3 Å². The fourth-order valence-corrected chi connectivity index (χ4v) is 4.92. The zero-order valence-corrected chi connectivity index (χ0v) is 13.5. The normalized spacial score (nSPS) is 15.7. The van der Waals surface area contributed by atoms with Crippen molar-refractivity contribution < 1.29 is 0 Å². The molecule has 94 valence electrons. The molecule has 0 fully saturated rings. The Morgan fingerprint density at radius 1 is 1.17 bits per heavy atom. The van der Waals surface area contributed by atoms with Crippen molar-refractivity contribution in [3.05, 3.63) is 55.2 Å². The summed E-state index contributed by atoms with van der Waals surface area (Å²) in [5.74, 6) is 0. The molecule has 0 spiro atoms. The molecule has 0 radical (unpaired) electrons. The molecule has 1 atom stereocenters. The van der Waals surface area contributed by atoms with E-state index >= 15 is 0 Å². The first kappa shape index (κ1) is 13.0. The number of rotatable bonds is 2. The van der Waals surface area contributed by atoms with E-state index in [1.54, 1.807) is 0 Å². The minimum Gasteiger partial charge on any atom is -0.144 e. The number of halogens is 3. The quantitative estimate of drug-likeness (QED) is 0.573. The SMILES string of the molecule is Clc1ccc(Cl)c(C(Br)c2cc3c(s2)CCC3)c1. The standard InChI is InChI=1S/C14H11BrCl2S/c15-14(10-7-9(16)4-5-11(10)17)13-6-8-2-1-3-12(8)18-13/h4-7,14H,1-3H2. The first-order valence-corrected chi connectivity index (χ1v) is 8.34. The highest BCUT2D eigenvalue weighted by Crippen LogP contribution is 2.42. The second kappa shape index (κ2) is 5.16. The van der Waals surface area contributed by atoms with Gasteiger partial charge in [0.1, 0.15) is 0 Å². The van der Waals surface area contributed by atoms with Crippen LogP contribution in [0.2, 0.25) is 10.0 Å². The summed E-state index contributed by atoms with van der Waals surface area (Å²) in [7, 11) is 0. The monoisotopic (exact) mass is 360 g/mol. The zero-order valence-electron chi connectivity index (χ0n) is 9.55. The summed E-state index contributed by atoms with van der Waals surface area (Å²) in [6.45, 7) is 0. The molecule has 1 aromatic carbocycles. The van der Waals surface area contributed by atoms with Gasteiger partial charge in [-0.15, -0.1) is 11.3 Å². The van der Waals surface area contributed by atoms with E-state index < -0.39 is 0 Å². The van der Waals surface area contributed by atoms with Crippen molar-refractivity contribution in [2.45, 2.75) is 24.1 Å². The second-order valence-electron chi connectivity index (χ2n) is 4.48. The first-order chi connectivity index (χ1) is 8.65. The molecule has 1 aromatic heterocycles. The van der Waals surface area contributed by atoms with Gasteiger partial charge in [-0.1, -0.05) is 39.1 Å². The minimum absolute atomic E-state index is 0.138. The molecule has 0 saturated heterocycles. The highest BCUT2D eigenvalue weighted by Gasteiger charge is 2.21. The Kier molecular flexibility index (Phi) is 3.72. The van der Waals surface area contributed by atoms with E-state index in [0.717, 1.165) is 15.6 Å². The molecule has 1 unspecified atom stereocenters. The lowest BCUT2D eigenvalue weighted by Crippen LogP contribution is -1.91. The molecular weight excluding hydrogens is 351 g/mol. The molecular formula is C14H11BrCl2S. The lowest BCUT2D eigenvalue weighted by atomic mass is 10.1. The maximum absolute atomic E-state index is 6.25. The van der Waals surface area contributed by atoms with Gasteiger partial charge in [-0.2, -0.15) is 0 Å². The molecule has 3 rings (SSSR count). The van der Waals surface area contributed by atoms with Gasteiger partial charge in [0.25, 0.3) is 0 Å². The Balaban J connectivity index is 1.98. The van der Waals surface area contributed by atoms with Crippen molar-refractivity contribution in [1.29, 1.82) is 0 Å². The summed E-state index contributed by atoms with van der Waals surface area (Å²) >= 11 is 17.9. The van der Waals surface area contributed by atoms with E-state index in [1.165, 1.54) is 34.6 Å². The first-order valence-electron chi connectivity index (χ1n) is 5.85. The van der Waals surface area contributed by atoms with Gasteiger partial charge in [-0.25, -0.2) is 0 Å². The van der Waals surface area contributed by atoms with Crippen LogP contribution in [0.3, 0.4) is 0 Å². The maximum Gasteiger partial charge on any atom is 0.0753 e. The van der Waals surface area contributed by atoms with Crippen LogP contribution in [0.25, 0.3) is 0 Å². The minimum atomic E-state index is 0.138. The summed E-state index contributed by atoms with van der Waals surface area (Å²) < 4.78 is 0. The molecule has 4 heteroatoms. The third-order valence-electron chi connectivity index (χ3n) is 3.25. The smallest absolute Gasteiger partial charge is 0.0753 e. The van der Waals surface area contributed by atoms with Gasteiger partial charge in [0.15, 0.2) is 0 Å². The fourth-order valence-electron chi connectivity index (χ4n) is 2.34. The molecule has 0 saturated carbocycles. The third kappa shape index (κ3) is 2.36. The second-order valence-corrected chi connectivity index (χ2v) is 7.41. The third-order valence-corrected chi connectivity index (χ3v) is 6.42. The van der Waals surface area contributed by atoms with Crippen LogP contribution in [-0.4, -0.2) is 0 Å². The molecule has 0 amide bonds. The highest BCUT2D eigenvalue weighted by molar-refractivity contribution is 9.09. The van der Waals surface area contributed by atoms with Crippen molar-refractivity contribution in [2.75, 3.05) is 0 Å². The molecule has 1 aliphatic carbocycles. The number of thiophene rings is 1. The van der Waals surface area contributed by atoms with Crippen LogP contribution < -0.4 is 0 Å². The fraction of sp³-hybridized carbons (Fsp3) is 0.286. The lowest BCUT2D eigenvalue weighted by Gasteiger charge is -2.11. The Hall–Kier alpha value is -0.0200. The van der Waals surface area contributed by atoms with Gasteiger partial charge < -0.3 is 0 Å². The topological polar surface area (TPSA) is 0 Å².